The maximum Gasteiger partial charge on any atom is 0.227 e. The van der Waals surface area contributed by atoms with Gasteiger partial charge in [0.15, 0.2) is 5.96 Å². The molecule has 0 aliphatic carbocycles. The highest BCUT2D eigenvalue weighted by molar-refractivity contribution is 5.95. The number of carbonyl (C=O) groups excluding carboxylic acids is 1. The van der Waals surface area contributed by atoms with Gasteiger partial charge in [-0.15, -0.1) is 0 Å². The van der Waals surface area contributed by atoms with Gasteiger partial charge in [-0.2, -0.15) is 0 Å². The molecule has 1 heterocycles. The molecule has 2 aromatic carbocycles. The fourth-order valence-corrected chi connectivity index (χ4v) is 3.00. The van der Waals surface area contributed by atoms with Crippen LogP contribution < -0.4 is 15.5 Å². The van der Waals surface area contributed by atoms with Crippen molar-refractivity contribution in [2.24, 2.45) is 4.99 Å². The molecule has 1 saturated heterocycles. The summed E-state index contributed by atoms with van der Waals surface area (Å²) in [5.41, 5.74) is 3.33. The lowest BCUT2D eigenvalue weighted by Crippen LogP contribution is -2.36. The van der Waals surface area contributed by atoms with Gasteiger partial charge in [-0.1, -0.05) is 42.5 Å². The first-order chi connectivity index (χ1) is 12.8. The number of anilines is 1. The van der Waals surface area contributed by atoms with Gasteiger partial charge >= 0.3 is 0 Å². The normalized spacial score (nSPS) is 14.6. The first kappa shape index (κ1) is 18.0. The third-order valence-corrected chi connectivity index (χ3v) is 4.39. The van der Waals surface area contributed by atoms with E-state index in [1.54, 1.807) is 0 Å². The molecule has 0 spiro atoms. The SMILES string of the molecule is CCNC(=NCc1ccccc1)NCc1ccc(N2CCCC2=O)cc1. The molecule has 1 aliphatic rings. The van der Waals surface area contributed by atoms with Crippen molar-refractivity contribution in [1.29, 1.82) is 0 Å². The number of nitrogens with zero attached hydrogens (tertiary/aromatic N) is 2. The van der Waals surface area contributed by atoms with E-state index in [0.717, 1.165) is 36.7 Å². The number of guanidine groups is 1. The summed E-state index contributed by atoms with van der Waals surface area (Å²) < 4.78 is 0. The minimum Gasteiger partial charge on any atom is -0.357 e. The highest BCUT2D eigenvalue weighted by atomic mass is 16.2. The van der Waals surface area contributed by atoms with Gasteiger partial charge < -0.3 is 15.5 Å². The van der Waals surface area contributed by atoms with Crippen LogP contribution in [0.15, 0.2) is 59.6 Å². The van der Waals surface area contributed by atoms with Gasteiger partial charge in [0.05, 0.1) is 6.54 Å². The van der Waals surface area contributed by atoms with Crippen LogP contribution in [-0.2, 0) is 17.9 Å². The van der Waals surface area contributed by atoms with Crippen LogP contribution in [0.2, 0.25) is 0 Å². The Bertz CT molecular complexity index is 740. The van der Waals surface area contributed by atoms with Crippen LogP contribution in [-0.4, -0.2) is 25.0 Å². The second kappa shape index (κ2) is 9.04. The highest BCUT2D eigenvalue weighted by Crippen LogP contribution is 2.21. The molecule has 0 radical (unpaired) electrons. The van der Waals surface area contributed by atoms with E-state index in [9.17, 15) is 4.79 Å². The van der Waals surface area contributed by atoms with Gasteiger partial charge in [-0.3, -0.25) is 4.79 Å². The number of rotatable bonds is 6. The van der Waals surface area contributed by atoms with Crippen LogP contribution in [0.4, 0.5) is 5.69 Å². The molecule has 0 saturated carbocycles. The van der Waals surface area contributed by atoms with Gasteiger partial charge in [0.1, 0.15) is 0 Å². The summed E-state index contributed by atoms with van der Waals surface area (Å²) in [5.74, 6) is 1.02. The van der Waals surface area contributed by atoms with Crippen LogP contribution in [0.1, 0.15) is 30.9 Å². The Morgan fingerprint density at radius 3 is 2.46 bits per heavy atom. The van der Waals surface area contributed by atoms with E-state index in [2.05, 4.69) is 46.8 Å². The van der Waals surface area contributed by atoms with Crippen molar-refractivity contribution in [2.45, 2.75) is 32.9 Å². The van der Waals surface area contributed by atoms with E-state index in [-0.39, 0.29) is 5.91 Å². The predicted octanol–water partition coefficient (Wildman–Crippen LogP) is 3.07. The zero-order chi connectivity index (χ0) is 18.2. The van der Waals surface area contributed by atoms with Crippen molar-refractivity contribution in [2.75, 3.05) is 18.0 Å². The molecule has 1 amide bonds. The lowest BCUT2D eigenvalue weighted by molar-refractivity contribution is -0.117. The van der Waals surface area contributed by atoms with E-state index in [1.165, 1.54) is 5.56 Å². The standard InChI is InChI=1S/C21H26N4O/c1-2-22-21(23-15-17-7-4-3-5-8-17)24-16-18-10-12-19(13-11-18)25-14-6-9-20(25)26/h3-5,7-8,10-13H,2,6,9,14-16H2,1H3,(H2,22,23,24). The quantitative estimate of drug-likeness (QED) is 0.622. The Morgan fingerprint density at radius 2 is 1.81 bits per heavy atom. The molecule has 136 valence electrons. The van der Waals surface area contributed by atoms with Gasteiger partial charge in [-0.05, 0) is 36.6 Å². The predicted molar refractivity (Wildman–Crippen MR) is 106 cm³/mol. The van der Waals surface area contributed by atoms with Gasteiger partial charge in [0.2, 0.25) is 5.91 Å². The number of hydrogen-bond acceptors (Lipinski definition) is 2. The number of carbonyl (C=O) groups is 1. The molecule has 5 heteroatoms. The van der Waals surface area contributed by atoms with Crippen molar-refractivity contribution < 1.29 is 4.79 Å². The number of aliphatic imine (C=N–C) groups is 1. The second-order valence-electron chi connectivity index (χ2n) is 6.35. The Balaban J connectivity index is 1.57. The summed E-state index contributed by atoms with van der Waals surface area (Å²) in [6.45, 7) is 5.03. The third kappa shape index (κ3) is 4.85. The molecule has 3 rings (SSSR count). The molecule has 26 heavy (non-hydrogen) atoms. The van der Waals surface area contributed by atoms with Gasteiger partial charge in [0, 0.05) is 31.7 Å². The molecular formula is C21H26N4O. The van der Waals surface area contributed by atoms with Crippen molar-refractivity contribution in [3.8, 4) is 0 Å². The van der Waals surface area contributed by atoms with E-state index in [0.29, 0.717) is 19.5 Å². The fourth-order valence-electron chi connectivity index (χ4n) is 3.00. The van der Waals surface area contributed by atoms with Crippen LogP contribution >= 0.6 is 0 Å². The molecule has 5 nitrogen and oxygen atoms in total. The number of hydrogen-bond donors (Lipinski definition) is 2. The molecule has 1 fully saturated rings. The Labute approximate surface area is 155 Å². The van der Waals surface area contributed by atoms with Crippen LogP contribution in [0.5, 0.6) is 0 Å². The van der Waals surface area contributed by atoms with Gasteiger partial charge in [-0.25, -0.2) is 4.99 Å². The molecule has 0 unspecified atom stereocenters. The van der Waals surface area contributed by atoms with Crippen LogP contribution in [0.3, 0.4) is 0 Å². The number of nitrogens with one attached hydrogen (secondary N) is 2. The Hall–Kier alpha value is -2.82. The van der Waals surface area contributed by atoms with Crippen LogP contribution in [0.25, 0.3) is 0 Å². The zero-order valence-corrected chi connectivity index (χ0v) is 15.2. The van der Waals surface area contributed by atoms with Crippen LogP contribution in [0, 0.1) is 0 Å². The maximum atomic E-state index is 11.8. The van der Waals surface area contributed by atoms with Crippen molar-refractivity contribution in [3.63, 3.8) is 0 Å². The number of benzene rings is 2. The molecule has 1 aliphatic heterocycles. The minimum atomic E-state index is 0.221. The average Bonchev–Trinajstić information content (AvgIpc) is 3.11. The first-order valence-electron chi connectivity index (χ1n) is 9.21. The molecular weight excluding hydrogens is 324 g/mol. The van der Waals surface area contributed by atoms with Gasteiger partial charge in [0.25, 0.3) is 0 Å². The summed E-state index contributed by atoms with van der Waals surface area (Å²) in [4.78, 5) is 18.3. The third-order valence-electron chi connectivity index (χ3n) is 4.39. The van der Waals surface area contributed by atoms with Crippen molar-refractivity contribution in [3.05, 3.63) is 65.7 Å². The Morgan fingerprint density at radius 1 is 1.04 bits per heavy atom. The minimum absolute atomic E-state index is 0.221. The summed E-state index contributed by atoms with van der Waals surface area (Å²) >= 11 is 0. The second-order valence-corrected chi connectivity index (χ2v) is 6.35. The smallest absolute Gasteiger partial charge is 0.227 e. The van der Waals surface area contributed by atoms with Crippen molar-refractivity contribution in [1.82, 2.24) is 10.6 Å². The van der Waals surface area contributed by atoms with E-state index in [1.807, 2.05) is 35.2 Å². The average molecular weight is 350 g/mol. The van der Waals surface area contributed by atoms with E-state index < -0.39 is 0 Å². The summed E-state index contributed by atoms with van der Waals surface area (Å²) in [7, 11) is 0. The maximum absolute atomic E-state index is 11.8. The summed E-state index contributed by atoms with van der Waals surface area (Å²) in [5, 5.41) is 6.63. The summed E-state index contributed by atoms with van der Waals surface area (Å²) in [6, 6.07) is 18.4. The van der Waals surface area contributed by atoms with Crippen molar-refractivity contribution >= 4 is 17.6 Å². The molecule has 0 bridgehead atoms. The van der Waals surface area contributed by atoms with E-state index >= 15 is 0 Å². The Kier molecular flexibility index (Phi) is 6.25. The summed E-state index contributed by atoms with van der Waals surface area (Å²) in [6.07, 6.45) is 1.61. The lowest BCUT2D eigenvalue weighted by atomic mass is 10.2. The fraction of sp³-hybridized carbons (Fsp3) is 0.333. The molecule has 0 aromatic heterocycles. The highest BCUT2D eigenvalue weighted by Gasteiger charge is 2.21. The van der Waals surface area contributed by atoms with E-state index in [4.69, 9.17) is 0 Å². The molecule has 2 N–H and O–H groups in total. The molecule has 0 atom stereocenters. The lowest BCUT2D eigenvalue weighted by Gasteiger charge is -2.16. The first-order valence-corrected chi connectivity index (χ1v) is 9.21. The molecule has 2 aromatic rings. The number of amides is 1. The zero-order valence-electron chi connectivity index (χ0n) is 15.2. The topological polar surface area (TPSA) is 56.7 Å². The monoisotopic (exact) mass is 350 g/mol. The largest absolute Gasteiger partial charge is 0.357 e.